The maximum atomic E-state index is 11.7. The summed E-state index contributed by atoms with van der Waals surface area (Å²) in [7, 11) is 0. The number of benzene rings is 4. The van der Waals surface area contributed by atoms with Crippen molar-refractivity contribution < 1.29 is 47.1 Å². The Balaban J connectivity index is 0.000000425. The minimum absolute atomic E-state index is 0. The van der Waals surface area contributed by atoms with Crippen LogP contribution in [-0.2, 0) is 37.7 Å². The average Bonchev–Trinajstić information content (AvgIpc) is 3.14. The van der Waals surface area contributed by atoms with Crippen LogP contribution in [0, 0.1) is 28.7 Å². The van der Waals surface area contributed by atoms with Gasteiger partial charge in [0.1, 0.15) is 5.75 Å². The van der Waals surface area contributed by atoms with E-state index in [4.69, 9.17) is 15.7 Å². The van der Waals surface area contributed by atoms with Crippen molar-refractivity contribution in [3.05, 3.63) is 89.6 Å². The number of pyridine rings is 1. The first-order chi connectivity index (χ1) is 27.4. The molecule has 5 aromatic rings. The van der Waals surface area contributed by atoms with Crippen LogP contribution in [-0.4, -0.2) is 15.9 Å². The maximum absolute atomic E-state index is 11.7. The first-order valence-corrected chi connectivity index (χ1v) is 17.9. The van der Waals surface area contributed by atoms with Crippen molar-refractivity contribution in [2.45, 2.75) is 108 Å². The van der Waals surface area contributed by atoms with Crippen LogP contribution in [0.3, 0.4) is 0 Å². The van der Waals surface area contributed by atoms with Crippen molar-refractivity contribution in [3.63, 3.8) is 0 Å². The molecule has 0 amide bonds. The van der Waals surface area contributed by atoms with Gasteiger partial charge in [-0.15, -0.1) is 17.5 Å². The Morgan fingerprint density at radius 1 is 0.863 bits per heavy atom. The Hall–Kier alpha value is -3.53. The molecular formula is C46H56IrNO3-. The topological polar surface area (TPSA) is 59.4 Å². The Morgan fingerprint density at radius 3 is 2.14 bits per heavy atom. The summed E-state index contributed by atoms with van der Waals surface area (Å²) in [5.41, 5.74) is 0.922. The van der Waals surface area contributed by atoms with Crippen LogP contribution >= 0.6 is 0 Å². The van der Waals surface area contributed by atoms with Crippen molar-refractivity contribution >= 4 is 38.1 Å². The van der Waals surface area contributed by atoms with E-state index >= 15 is 0 Å². The molecule has 4 aromatic carbocycles. The van der Waals surface area contributed by atoms with Crippen molar-refractivity contribution in [1.82, 2.24) is 4.98 Å². The van der Waals surface area contributed by atoms with Gasteiger partial charge >= 0.3 is 0 Å². The average molecular weight is 872 g/mol. The van der Waals surface area contributed by atoms with Gasteiger partial charge in [0.05, 0.1) is 22.5 Å². The second-order valence-electron chi connectivity index (χ2n) is 15.7. The number of aliphatic hydroxyl groups is 1. The van der Waals surface area contributed by atoms with Crippen LogP contribution in [0.4, 0.5) is 0 Å². The number of fused-ring (bicyclic) bond motifs is 5. The minimum Gasteiger partial charge on any atom is -0.512 e. The summed E-state index contributed by atoms with van der Waals surface area (Å²) in [5, 5.41) is 11.6. The number of nitrogens with zero attached hydrogens (tertiary/aromatic N) is 1. The summed E-state index contributed by atoms with van der Waals surface area (Å²) in [6.07, 6.45) is 5.33. The number of ether oxygens (including phenoxy) is 1. The van der Waals surface area contributed by atoms with E-state index in [1.165, 1.54) is 12.1 Å². The Labute approximate surface area is 332 Å². The summed E-state index contributed by atoms with van der Waals surface area (Å²) in [6.45, 7) is 20.1. The molecule has 0 spiro atoms. The van der Waals surface area contributed by atoms with E-state index in [-0.39, 0.29) is 136 Å². The first-order valence-electron chi connectivity index (χ1n) is 22.4. The van der Waals surface area contributed by atoms with Gasteiger partial charge in [-0.05, 0) is 83.2 Å². The molecular weight excluding hydrogens is 807 g/mol. The van der Waals surface area contributed by atoms with E-state index in [1.54, 1.807) is 0 Å². The maximum Gasteiger partial charge on any atom is 0.162 e. The second kappa shape index (κ2) is 16.4. The predicted molar refractivity (Wildman–Crippen MR) is 211 cm³/mol. The minimum atomic E-state index is -0.390. The quantitative estimate of drug-likeness (QED) is 0.0680. The predicted octanol–water partition coefficient (Wildman–Crippen LogP) is 13.2. The fraction of sp³-hybridized carbons (Fsp3) is 0.435. The van der Waals surface area contributed by atoms with Gasteiger partial charge in [0.25, 0.3) is 0 Å². The summed E-state index contributed by atoms with van der Waals surface area (Å²) in [5.74, 6) is 0.905. The van der Waals surface area contributed by atoms with E-state index in [9.17, 15) is 11.3 Å². The number of hydrogen-bond acceptors (Lipinski definition) is 4. The smallest absolute Gasteiger partial charge is 0.162 e. The third-order valence-electron chi connectivity index (χ3n) is 9.26. The van der Waals surface area contributed by atoms with Crippen LogP contribution in [0.25, 0.3) is 43.6 Å². The fourth-order valence-corrected chi connectivity index (χ4v) is 6.67. The number of carbonyl (C=O) groups excluding carboxylic acids is 1. The second-order valence-corrected chi connectivity index (χ2v) is 15.7. The Morgan fingerprint density at radius 2 is 1.51 bits per heavy atom. The molecule has 51 heavy (non-hydrogen) atoms. The Bertz CT molecular complexity index is 2530. The van der Waals surface area contributed by atoms with Crippen molar-refractivity contribution in [2.24, 2.45) is 22.7 Å². The molecule has 4 nitrogen and oxygen atoms in total. The number of aromatic nitrogens is 1. The van der Waals surface area contributed by atoms with Gasteiger partial charge in [-0.1, -0.05) is 122 Å². The number of carbonyl (C=O) groups is 1. The van der Waals surface area contributed by atoms with Gasteiger partial charge in [0.2, 0.25) is 0 Å². The van der Waals surface area contributed by atoms with E-state index in [0.29, 0.717) is 45.7 Å². The molecule has 1 aliphatic rings. The zero-order chi connectivity index (χ0) is 44.2. The first kappa shape index (κ1) is 29.0. The molecule has 6 rings (SSSR count). The number of rotatable bonds is 9. The normalized spacial score (nSPS) is 15.3. The molecule has 0 unspecified atom stereocenters. The Kier molecular flexibility index (Phi) is 9.34. The van der Waals surface area contributed by atoms with E-state index in [2.05, 4.69) is 11.1 Å². The fourth-order valence-electron chi connectivity index (χ4n) is 6.67. The van der Waals surface area contributed by atoms with Crippen molar-refractivity contribution in [1.29, 1.82) is 0 Å². The van der Waals surface area contributed by atoms with Gasteiger partial charge in [-0.3, -0.25) is 9.78 Å². The standard InChI is InChI=1S/C33H32NO.C13H24O2.Ir/c1-32(2,3)18-21-11-9-13-23-24-14-15-34-30-26-16-20-10-7-8-12-22(20)27(19-33(4,5)6)31(26)35-28(29(24)30)17-25(21)23;1-5-10(6-2)12(14)9-13(15)11(7-3)8-4;/h7-15,17H,18-19H2,1-6H3;9-11,14H,5-8H2,1-4H3;/q-1;;/b;12-9-;/i7D,8D,9D,10D,11D,12D,14D,15D,17D;;. The van der Waals surface area contributed by atoms with Crippen LogP contribution in [0.1, 0.15) is 118 Å². The zero-order valence-corrected chi connectivity index (χ0v) is 34.0. The summed E-state index contributed by atoms with van der Waals surface area (Å²) in [4.78, 5) is 16.2. The van der Waals surface area contributed by atoms with E-state index < -0.39 is 6.04 Å². The third-order valence-corrected chi connectivity index (χ3v) is 9.26. The number of allylic oxidation sites excluding steroid dienone is 2. The van der Waals surface area contributed by atoms with Crippen LogP contribution in [0.15, 0.2) is 72.4 Å². The number of hydrogen-bond donors (Lipinski definition) is 1. The molecule has 2 heterocycles. The van der Waals surface area contributed by atoms with Gasteiger partial charge in [0, 0.05) is 56.6 Å². The van der Waals surface area contributed by atoms with Crippen LogP contribution in [0.2, 0.25) is 0 Å². The molecule has 0 fully saturated rings. The molecule has 1 N–H and O–H groups in total. The molecule has 5 heteroatoms. The third kappa shape index (κ3) is 8.93. The molecule has 1 aliphatic heterocycles. The largest absolute Gasteiger partial charge is 0.512 e. The monoisotopic (exact) mass is 872 g/mol. The van der Waals surface area contributed by atoms with Gasteiger partial charge in [-0.2, -0.15) is 0 Å². The molecule has 0 saturated carbocycles. The van der Waals surface area contributed by atoms with Crippen molar-refractivity contribution in [3.8, 4) is 22.8 Å². The summed E-state index contributed by atoms with van der Waals surface area (Å²) in [6, 6.07) is 3.13. The SMILES string of the molecule is CCC(CC)C(=O)/C=C(\O)C(CC)CC.[2H]c1cc2c(c([2H])c3c4c(nc([2H])c([2H])c42)-c2[c-]c4c([2H])c([2H])c([2H])c([2H])c4c(CC(C)(C)C)c2O3)c(CC(C)(C)C)c1[2H].[Ir]. The van der Waals surface area contributed by atoms with E-state index in [0.717, 1.165) is 25.7 Å². The van der Waals surface area contributed by atoms with Gasteiger partial charge in [0.15, 0.2) is 5.78 Å². The molecule has 0 aliphatic carbocycles. The van der Waals surface area contributed by atoms with Gasteiger partial charge < -0.3 is 9.84 Å². The summed E-state index contributed by atoms with van der Waals surface area (Å²) < 4.78 is 85.3. The zero-order valence-electron chi connectivity index (χ0n) is 40.6. The number of ketones is 1. The molecule has 0 atom stereocenters. The molecule has 273 valence electrons. The van der Waals surface area contributed by atoms with Gasteiger partial charge in [-0.25, -0.2) is 0 Å². The summed E-state index contributed by atoms with van der Waals surface area (Å²) >= 11 is 0. The molecule has 1 aromatic heterocycles. The van der Waals surface area contributed by atoms with Crippen molar-refractivity contribution in [2.75, 3.05) is 0 Å². The van der Waals surface area contributed by atoms with Crippen LogP contribution in [0.5, 0.6) is 11.5 Å². The van der Waals surface area contributed by atoms with Crippen LogP contribution < -0.4 is 4.74 Å². The number of aliphatic hydroxyl groups excluding tert-OH is 1. The molecule has 1 radical (unpaired) electrons. The molecule has 0 bridgehead atoms. The van der Waals surface area contributed by atoms with E-state index in [1.807, 2.05) is 69.2 Å². The molecule has 0 saturated heterocycles.